The average Bonchev–Trinajstić information content (AvgIpc) is 3.18. The normalized spacial score (nSPS) is 20.3. The molecule has 4 rings (SSSR count). The minimum Gasteiger partial charge on any atom is -0.508 e. The number of aromatic hydroxyl groups is 1. The standard InChI is InChI=1S/C23H26F3N3O2/c24-19-6-1-2-7-21(19)29-14-20(22(25)26)27-23(29)31-15-16-8-10-28(11-9-16)13-17-4-3-5-18(30)12-17/h1-7,12,16,20,22,30H,8-11,13-15H2. The largest absolute Gasteiger partial charge is 0.508 e. The second-order valence-electron chi connectivity index (χ2n) is 8.08. The van der Waals surface area contributed by atoms with Gasteiger partial charge in [0.05, 0.1) is 18.8 Å². The third-order valence-electron chi connectivity index (χ3n) is 5.78. The SMILES string of the molecule is Oc1cccc(CN2CCC(COC3=NC(C(F)F)CN3c3ccccc3F)CC2)c1. The Bertz CT molecular complexity index is 916. The molecule has 2 aromatic carbocycles. The van der Waals surface area contributed by atoms with Gasteiger partial charge in [-0.15, -0.1) is 0 Å². The van der Waals surface area contributed by atoms with Crippen molar-refractivity contribution in [2.75, 3.05) is 31.1 Å². The number of likely N-dealkylation sites (tertiary alicyclic amines) is 1. The van der Waals surface area contributed by atoms with E-state index in [1.54, 1.807) is 30.3 Å². The maximum Gasteiger partial charge on any atom is 0.292 e. The summed E-state index contributed by atoms with van der Waals surface area (Å²) in [6.45, 7) is 2.79. The summed E-state index contributed by atoms with van der Waals surface area (Å²) in [4.78, 5) is 7.74. The summed E-state index contributed by atoms with van der Waals surface area (Å²) < 4.78 is 46.5. The Hall–Kier alpha value is -2.74. The number of phenolic OH excluding ortho intramolecular Hbond substituents is 1. The molecule has 2 aliphatic rings. The molecule has 2 aromatic rings. The minimum absolute atomic E-state index is 0.0672. The lowest BCUT2D eigenvalue weighted by molar-refractivity contribution is 0.121. The van der Waals surface area contributed by atoms with E-state index in [0.717, 1.165) is 38.0 Å². The van der Waals surface area contributed by atoms with Gasteiger partial charge >= 0.3 is 0 Å². The highest BCUT2D eigenvalue weighted by molar-refractivity contribution is 5.94. The molecule has 0 bridgehead atoms. The van der Waals surface area contributed by atoms with Gasteiger partial charge in [-0.1, -0.05) is 24.3 Å². The van der Waals surface area contributed by atoms with E-state index in [4.69, 9.17) is 4.74 Å². The van der Waals surface area contributed by atoms with Gasteiger partial charge in [-0.05, 0) is 61.7 Å². The lowest BCUT2D eigenvalue weighted by Crippen LogP contribution is -2.37. The van der Waals surface area contributed by atoms with Crippen LogP contribution in [0.3, 0.4) is 0 Å². The van der Waals surface area contributed by atoms with Crippen LogP contribution in [0, 0.1) is 11.7 Å². The van der Waals surface area contributed by atoms with Crippen molar-refractivity contribution in [1.29, 1.82) is 0 Å². The van der Waals surface area contributed by atoms with E-state index in [2.05, 4.69) is 9.89 Å². The number of para-hydroxylation sites is 1. The Kier molecular flexibility index (Phi) is 6.65. The highest BCUT2D eigenvalue weighted by atomic mass is 19.3. The van der Waals surface area contributed by atoms with Crippen LogP contribution in [0.25, 0.3) is 0 Å². The van der Waals surface area contributed by atoms with Crippen LogP contribution in [0.5, 0.6) is 5.75 Å². The van der Waals surface area contributed by atoms with Crippen LogP contribution >= 0.6 is 0 Å². The molecule has 0 aromatic heterocycles. The van der Waals surface area contributed by atoms with E-state index < -0.39 is 18.3 Å². The number of nitrogens with zero attached hydrogens (tertiary/aromatic N) is 3. The highest BCUT2D eigenvalue weighted by Gasteiger charge is 2.35. The van der Waals surface area contributed by atoms with Crippen molar-refractivity contribution in [3.8, 4) is 5.75 Å². The molecule has 1 N–H and O–H groups in total. The van der Waals surface area contributed by atoms with Crippen LogP contribution in [0.4, 0.5) is 18.9 Å². The molecule has 2 aliphatic heterocycles. The molecular formula is C23H26F3N3O2. The van der Waals surface area contributed by atoms with Crippen LogP contribution in [-0.4, -0.2) is 54.7 Å². The Labute approximate surface area is 179 Å². The molecule has 0 saturated carbocycles. The molecule has 1 fully saturated rings. The van der Waals surface area contributed by atoms with Crippen LogP contribution in [0.1, 0.15) is 18.4 Å². The topological polar surface area (TPSA) is 48.3 Å². The van der Waals surface area contributed by atoms with E-state index in [0.29, 0.717) is 6.61 Å². The summed E-state index contributed by atoms with van der Waals surface area (Å²) in [5.74, 6) is 0.0461. The smallest absolute Gasteiger partial charge is 0.292 e. The quantitative estimate of drug-likeness (QED) is 0.739. The Morgan fingerprint density at radius 3 is 2.58 bits per heavy atom. The van der Waals surface area contributed by atoms with E-state index >= 15 is 0 Å². The van der Waals surface area contributed by atoms with Gasteiger partial charge in [-0.2, -0.15) is 0 Å². The van der Waals surface area contributed by atoms with E-state index in [-0.39, 0.29) is 29.9 Å². The third kappa shape index (κ3) is 5.31. The van der Waals surface area contributed by atoms with Crippen molar-refractivity contribution in [3.63, 3.8) is 0 Å². The Morgan fingerprint density at radius 2 is 1.87 bits per heavy atom. The first kappa shape index (κ1) is 21.5. The summed E-state index contributed by atoms with van der Waals surface area (Å²) in [6, 6.07) is 12.1. The molecule has 31 heavy (non-hydrogen) atoms. The van der Waals surface area contributed by atoms with Gasteiger partial charge in [0.25, 0.3) is 12.4 Å². The molecular weight excluding hydrogens is 407 g/mol. The zero-order valence-electron chi connectivity index (χ0n) is 17.1. The first-order chi connectivity index (χ1) is 15.0. The van der Waals surface area contributed by atoms with Crippen LogP contribution < -0.4 is 4.90 Å². The van der Waals surface area contributed by atoms with Crippen molar-refractivity contribution in [1.82, 2.24) is 4.90 Å². The van der Waals surface area contributed by atoms with Gasteiger partial charge in [-0.25, -0.2) is 18.2 Å². The maximum atomic E-state index is 14.2. The van der Waals surface area contributed by atoms with E-state index in [1.807, 2.05) is 12.1 Å². The Balaban J connectivity index is 1.32. The number of piperidine rings is 1. The number of hydrogen-bond acceptors (Lipinski definition) is 5. The first-order valence-electron chi connectivity index (χ1n) is 10.5. The first-order valence-corrected chi connectivity index (χ1v) is 10.5. The molecule has 166 valence electrons. The molecule has 0 aliphatic carbocycles. The number of benzene rings is 2. The van der Waals surface area contributed by atoms with Gasteiger partial charge in [0.1, 0.15) is 17.6 Å². The van der Waals surface area contributed by atoms with E-state index in [1.165, 1.54) is 11.0 Å². The third-order valence-corrected chi connectivity index (χ3v) is 5.78. The van der Waals surface area contributed by atoms with Gasteiger partial charge < -0.3 is 9.84 Å². The molecule has 1 unspecified atom stereocenters. The molecule has 1 saturated heterocycles. The fourth-order valence-electron chi connectivity index (χ4n) is 4.06. The highest BCUT2D eigenvalue weighted by Crippen LogP contribution is 2.27. The molecule has 0 spiro atoms. The number of amidine groups is 1. The summed E-state index contributed by atoms with van der Waals surface area (Å²) in [5.41, 5.74) is 1.26. The second kappa shape index (κ2) is 9.60. The maximum absolute atomic E-state index is 14.2. The zero-order valence-corrected chi connectivity index (χ0v) is 17.1. The fraction of sp³-hybridized carbons (Fsp3) is 0.435. The van der Waals surface area contributed by atoms with Crippen LogP contribution in [0.2, 0.25) is 0 Å². The number of alkyl halides is 2. The zero-order chi connectivity index (χ0) is 21.8. The predicted molar refractivity (Wildman–Crippen MR) is 113 cm³/mol. The fourth-order valence-corrected chi connectivity index (χ4v) is 4.06. The lowest BCUT2D eigenvalue weighted by Gasteiger charge is -2.32. The van der Waals surface area contributed by atoms with Gasteiger partial charge in [0.2, 0.25) is 0 Å². The minimum atomic E-state index is -2.63. The van der Waals surface area contributed by atoms with Gasteiger partial charge in [0.15, 0.2) is 0 Å². The van der Waals surface area contributed by atoms with E-state index in [9.17, 15) is 18.3 Å². The van der Waals surface area contributed by atoms with Crippen LogP contribution in [0.15, 0.2) is 53.5 Å². The molecule has 0 radical (unpaired) electrons. The summed E-state index contributed by atoms with van der Waals surface area (Å²) in [7, 11) is 0. The number of halogens is 3. The number of aliphatic imine (C=N–C) groups is 1. The van der Waals surface area contributed by atoms with Gasteiger partial charge in [-0.3, -0.25) is 9.80 Å². The molecule has 5 nitrogen and oxygen atoms in total. The van der Waals surface area contributed by atoms with Crippen molar-refractivity contribution < 1.29 is 23.0 Å². The second-order valence-corrected chi connectivity index (χ2v) is 8.08. The Morgan fingerprint density at radius 1 is 1.10 bits per heavy atom. The number of hydrogen-bond donors (Lipinski definition) is 1. The van der Waals surface area contributed by atoms with Crippen molar-refractivity contribution in [2.45, 2.75) is 31.9 Å². The molecule has 1 atom stereocenters. The lowest BCUT2D eigenvalue weighted by atomic mass is 9.97. The molecule has 0 amide bonds. The monoisotopic (exact) mass is 433 g/mol. The average molecular weight is 433 g/mol. The number of phenols is 1. The number of anilines is 1. The summed E-state index contributed by atoms with van der Waals surface area (Å²) in [6.07, 6.45) is -0.815. The summed E-state index contributed by atoms with van der Waals surface area (Å²) in [5, 5.41) is 9.61. The van der Waals surface area contributed by atoms with Crippen molar-refractivity contribution >= 4 is 11.7 Å². The number of rotatable bonds is 6. The van der Waals surface area contributed by atoms with Crippen molar-refractivity contribution in [3.05, 3.63) is 59.9 Å². The van der Waals surface area contributed by atoms with Crippen molar-refractivity contribution in [2.24, 2.45) is 10.9 Å². The summed E-state index contributed by atoms with van der Waals surface area (Å²) >= 11 is 0. The number of ether oxygens (including phenoxy) is 1. The molecule has 8 heteroatoms. The predicted octanol–water partition coefficient (Wildman–Crippen LogP) is 4.27. The van der Waals surface area contributed by atoms with Crippen LogP contribution in [-0.2, 0) is 11.3 Å². The van der Waals surface area contributed by atoms with Gasteiger partial charge in [0, 0.05) is 6.54 Å². The molecule has 2 heterocycles.